The van der Waals surface area contributed by atoms with Crippen molar-refractivity contribution in [1.82, 2.24) is 19.9 Å². The standard InChI is InChI=1S/C23H21BrN4O.C19H17BrN2O/c24-23-11-4-8-19(27-23)14-28(15-20-13-25-17-26-20)21-9-5-10-22(12-21)29-16-18-6-2-1-3-7-18;20-19-11-5-9-17(22-19)13-21-16-8-4-10-18(12-16)23-14-15-6-2-1-3-7-15/h1-13,17H,14-16H2,(H,25,26);1-12,21H,13-14H2. The minimum absolute atomic E-state index is 0.540. The average Bonchev–Trinajstić information content (AvgIpc) is 3.70. The van der Waals surface area contributed by atoms with Gasteiger partial charge in [0, 0.05) is 29.7 Å². The first-order chi connectivity index (χ1) is 25.6. The number of benzene rings is 4. The largest absolute Gasteiger partial charge is 0.489 e. The molecule has 0 fully saturated rings. The number of H-pyrrole nitrogens is 1. The molecular weight excluding hydrogens is 780 g/mol. The summed E-state index contributed by atoms with van der Waals surface area (Å²) in [5, 5.41) is 3.36. The number of hydrogen-bond acceptors (Lipinski definition) is 7. The second-order valence-electron chi connectivity index (χ2n) is 11.8. The number of halogens is 2. The zero-order chi connectivity index (χ0) is 35.8. The third kappa shape index (κ3) is 11.8. The van der Waals surface area contributed by atoms with Gasteiger partial charge in [-0.1, -0.05) is 84.9 Å². The molecule has 0 aliphatic rings. The van der Waals surface area contributed by atoms with Gasteiger partial charge in [-0.25, -0.2) is 15.0 Å². The topological polar surface area (TPSA) is 88.2 Å². The summed E-state index contributed by atoms with van der Waals surface area (Å²) in [6.45, 7) is 3.13. The molecule has 52 heavy (non-hydrogen) atoms. The van der Waals surface area contributed by atoms with Crippen LogP contribution in [0.5, 0.6) is 11.5 Å². The van der Waals surface area contributed by atoms with E-state index in [4.69, 9.17) is 9.47 Å². The normalized spacial score (nSPS) is 10.5. The van der Waals surface area contributed by atoms with Crippen molar-refractivity contribution in [1.29, 1.82) is 0 Å². The molecule has 7 aromatic rings. The van der Waals surface area contributed by atoms with E-state index >= 15 is 0 Å². The minimum Gasteiger partial charge on any atom is -0.489 e. The first-order valence-corrected chi connectivity index (χ1v) is 18.4. The van der Waals surface area contributed by atoms with E-state index in [0.717, 1.165) is 60.3 Å². The fourth-order valence-electron chi connectivity index (χ4n) is 5.24. The van der Waals surface area contributed by atoms with E-state index in [2.05, 4.69) is 98.4 Å². The first-order valence-electron chi connectivity index (χ1n) is 16.8. The summed E-state index contributed by atoms with van der Waals surface area (Å²) in [6, 6.07) is 48.3. The number of nitrogens with zero attached hydrogens (tertiary/aromatic N) is 4. The van der Waals surface area contributed by atoms with Crippen molar-refractivity contribution < 1.29 is 9.47 Å². The molecule has 0 spiro atoms. The molecule has 0 atom stereocenters. The third-order valence-electron chi connectivity index (χ3n) is 7.80. The number of rotatable bonds is 14. The molecule has 8 nitrogen and oxygen atoms in total. The fraction of sp³-hybridized carbons (Fsp3) is 0.119. The molecule has 4 aromatic carbocycles. The van der Waals surface area contributed by atoms with Crippen LogP contribution in [0.3, 0.4) is 0 Å². The highest BCUT2D eigenvalue weighted by atomic mass is 79.9. The average molecular weight is 819 g/mol. The van der Waals surface area contributed by atoms with E-state index in [1.165, 1.54) is 0 Å². The lowest BCUT2D eigenvalue weighted by Crippen LogP contribution is -2.23. The molecule has 0 saturated carbocycles. The highest BCUT2D eigenvalue weighted by molar-refractivity contribution is 9.10. The molecule has 0 aliphatic carbocycles. The van der Waals surface area contributed by atoms with Crippen molar-refractivity contribution in [3.63, 3.8) is 0 Å². The van der Waals surface area contributed by atoms with Gasteiger partial charge in [0.15, 0.2) is 0 Å². The van der Waals surface area contributed by atoms with Gasteiger partial charge in [-0.3, -0.25) is 0 Å². The van der Waals surface area contributed by atoms with Crippen LogP contribution in [0.4, 0.5) is 11.4 Å². The Hall–Kier alpha value is -5.45. The Morgan fingerprint density at radius 2 is 1.19 bits per heavy atom. The molecule has 0 radical (unpaired) electrons. The molecular formula is C42H38Br2N6O2. The van der Waals surface area contributed by atoms with Crippen LogP contribution in [-0.4, -0.2) is 19.9 Å². The maximum Gasteiger partial charge on any atom is 0.121 e. The zero-order valence-electron chi connectivity index (χ0n) is 28.4. The SMILES string of the molecule is Brc1cccc(CN(Cc2cnc[nH]2)c2cccc(OCc3ccccc3)c2)n1.Brc1cccc(CNc2cccc(OCc3ccccc3)c2)n1. The van der Waals surface area contributed by atoms with E-state index in [-0.39, 0.29) is 0 Å². The lowest BCUT2D eigenvalue weighted by molar-refractivity contribution is 0.306. The Morgan fingerprint density at radius 1 is 0.596 bits per heavy atom. The Kier molecular flexibility index (Phi) is 13.4. The highest BCUT2D eigenvalue weighted by Gasteiger charge is 2.12. The Bertz CT molecular complexity index is 2100. The quantitative estimate of drug-likeness (QED) is 0.106. The summed E-state index contributed by atoms with van der Waals surface area (Å²) in [6.07, 6.45) is 3.54. The molecule has 0 amide bonds. The maximum atomic E-state index is 6.02. The molecule has 7 rings (SSSR count). The molecule has 10 heteroatoms. The van der Waals surface area contributed by atoms with Crippen LogP contribution in [0.1, 0.15) is 28.2 Å². The van der Waals surface area contributed by atoms with Crippen LogP contribution in [0.25, 0.3) is 0 Å². The second-order valence-corrected chi connectivity index (χ2v) is 13.4. The molecule has 0 bridgehead atoms. The van der Waals surface area contributed by atoms with Crippen LogP contribution in [0, 0.1) is 0 Å². The Labute approximate surface area is 321 Å². The minimum atomic E-state index is 0.540. The summed E-state index contributed by atoms with van der Waals surface area (Å²) in [7, 11) is 0. The van der Waals surface area contributed by atoms with Crippen molar-refractivity contribution >= 4 is 43.2 Å². The number of pyridine rings is 2. The molecule has 2 N–H and O–H groups in total. The van der Waals surface area contributed by atoms with E-state index in [0.29, 0.717) is 32.8 Å². The highest BCUT2D eigenvalue weighted by Crippen LogP contribution is 2.25. The van der Waals surface area contributed by atoms with Crippen molar-refractivity contribution in [2.24, 2.45) is 0 Å². The van der Waals surface area contributed by atoms with Crippen LogP contribution in [0.15, 0.2) is 167 Å². The summed E-state index contributed by atoms with van der Waals surface area (Å²) in [5.74, 6) is 1.68. The summed E-state index contributed by atoms with van der Waals surface area (Å²) < 4.78 is 13.5. The van der Waals surface area contributed by atoms with Crippen molar-refractivity contribution in [3.8, 4) is 11.5 Å². The molecule has 3 aromatic heterocycles. The Balaban J connectivity index is 0.000000183. The molecule has 0 unspecified atom stereocenters. The molecule has 3 heterocycles. The van der Waals surface area contributed by atoms with Crippen molar-refractivity contribution in [2.75, 3.05) is 10.2 Å². The predicted molar refractivity (Wildman–Crippen MR) is 214 cm³/mol. The lowest BCUT2D eigenvalue weighted by Gasteiger charge is -2.24. The van der Waals surface area contributed by atoms with Gasteiger partial charge >= 0.3 is 0 Å². The maximum absolute atomic E-state index is 6.02. The van der Waals surface area contributed by atoms with E-state index in [9.17, 15) is 0 Å². The van der Waals surface area contributed by atoms with Crippen LogP contribution < -0.4 is 19.7 Å². The van der Waals surface area contributed by atoms with Crippen molar-refractivity contribution in [2.45, 2.75) is 32.8 Å². The number of aromatic amines is 1. The first kappa shape index (κ1) is 36.3. The van der Waals surface area contributed by atoms with E-state index < -0.39 is 0 Å². The number of nitrogens with one attached hydrogen (secondary N) is 2. The number of ether oxygens (including phenoxy) is 2. The number of hydrogen-bond donors (Lipinski definition) is 2. The summed E-state index contributed by atoms with van der Waals surface area (Å²) >= 11 is 6.84. The van der Waals surface area contributed by atoms with Crippen LogP contribution in [0.2, 0.25) is 0 Å². The summed E-state index contributed by atoms with van der Waals surface area (Å²) in [5.41, 5.74) is 7.37. The number of anilines is 2. The van der Waals surface area contributed by atoms with Gasteiger partial charge in [-0.15, -0.1) is 0 Å². The fourth-order valence-corrected chi connectivity index (χ4v) is 6.00. The van der Waals surface area contributed by atoms with Gasteiger partial charge in [0.25, 0.3) is 0 Å². The van der Waals surface area contributed by atoms with Crippen molar-refractivity contribution in [3.05, 3.63) is 196 Å². The van der Waals surface area contributed by atoms with Crippen LogP contribution in [-0.2, 0) is 32.8 Å². The van der Waals surface area contributed by atoms with E-state index in [1.807, 2.05) is 115 Å². The van der Waals surface area contributed by atoms with Gasteiger partial charge in [-0.05, 0) is 91.5 Å². The molecule has 0 aliphatic heterocycles. The monoisotopic (exact) mass is 816 g/mol. The lowest BCUT2D eigenvalue weighted by atomic mass is 10.2. The summed E-state index contributed by atoms with van der Waals surface area (Å²) in [4.78, 5) is 18.6. The third-order valence-corrected chi connectivity index (χ3v) is 8.68. The van der Waals surface area contributed by atoms with Gasteiger partial charge in [0.2, 0.25) is 0 Å². The van der Waals surface area contributed by atoms with Gasteiger partial charge in [0.1, 0.15) is 33.9 Å². The van der Waals surface area contributed by atoms with Crippen LogP contribution >= 0.6 is 31.9 Å². The number of aromatic nitrogens is 4. The predicted octanol–water partition coefficient (Wildman–Crippen LogP) is 10.4. The molecule has 262 valence electrons. The van der Waals surface area contributed by atoms with Gasteiger partial charge in [-0.2, -0.15) is 0 Å². The van der Waals surface area contributed by atoms with Gasteiger partial charge < -0.3 is 24.7 Å². The smallest absolute Gasteiger partial charge is 0.121 e. The van der Waals surface area contributed by atoms with Gasteiger partial charge in [0.05, 0.1) is 43.0 Å². The Morgan fingerprint density at radius 3 is 1.83 bits per heavy atom. The van der Waals surface area contributed by atoms with E-state index in [1.54, 1.807) is 6.33 Å². The number of imidazole rings is 1. The molecule has 0 saturated heterocycles. The second kappa shape index (κ2) is 19.2. The zero-order valence-corrected chi connectivity index (χ0v) is 31.6.